The molecule has 3 rings (SSSR count). The third-order valence-electron chi connectivity index (χ3n) is 3.89. The molecule has 8 heteroatoms. The first-order chi connectivity index (χ1) is 12.5. The van der Waals surface area contributed by atoms with Gasteiger partial charge in [-0.2, -0.15) is 5.10 Å². The fourth-order valence-corrected chi connectivity index (χ4v) is 3.76. The van der Waals surface area contributed by atoms with Gasteiger partial charge in [-0.1, -0.05) is 23.7 Å². The van der Waals surface area contributed by atoms with Gasteiger partial charge in [-0.15, -0.1) is 11.3 Å². The van der Waals surface area contributed by atoms with E-state index >= 15 is 0 Å². The van der Waals surface area contributed by atoms with Gasteiger partial charge in [0.2, 0.25) is 0 Å². The van der Waals surface area contributed by atoms with E-state index in [4.69, 9.17) is 11.6 Å². The minimum atomic E-state index is -0.168. The average molecular weight is 390 g/mol. The molecule has 0 saturated carbocycles. The maximum Gasteiger partial charge on any atom is 0.322 e. The van der Waals surface area contributed by atoms with E-state index in [9.17, 15) is 4.79 Å². The fraction of sp³-hybridized carbons (Fsp3) is 0.278. The summed E-state index contributed by atoms with van der Waals surface area (Å²) in [5, 5.41) is 7.41. The molecule has 0 aliphatic rings. The van der Waals surface area contributed by atoms with Crippen LogP contribution in [0.2, 0.25) is 4.34 Å². The Hall–Kier alpha value is -2.38. The zero-order valence-corrected chi connectivity index (χ0v) is 16.4. The summed E-state index contributed by atoms with van der Waals surface area (Å²) in [6.45, 7) is 6.78. The van der Waals surface area contributed by atoms with Crippen LogP contribution in [-0.2, 0) is 6.54 Å². The third kappa shape index (κ3) is 4.05. The molecule has 0 fully saturated rings. The lowest BCUT2D eigenvalue weighted by molar-refractivity contribution is 0.212. The summed E-state index contributed by atoms with van der Waals surface area (Å²) < 4.78 is 2.46. The minimum Gasteiger partial charge on any atom is -0.320 e. The Kier molecular flexibility index (Phi) is 5.58. The normalized spacial score (nSPS) is 10.8. The topological polar surface area (TPSA) is 63.1 Å². The molecule has 26 heavy (non-hydrogen) atoms. The highest BCUT2D eigenvalue weighted by Gasteiger charge is 2.16. The van der Waals surface area contributed by atoms with E-state index in [1.165, 1.54) is 11.3 Å². The Balaban J connectivity index is 1.81. The van der Waals surface area contributed by atoms with Crippen molar-refractivity contribution >= 4 is 34.7 Å². The molecular weight excluding hydrogens is 370 g/mol. The van der Waals surface area contributed by atoms with Crippen molar-refractivity contribution in [2.75, 3.05) is 11.9 Å². The zero-order valence-electron chi connectivity index (χ0n) is 14.9. The number of amides is 2. The summed E-state index contributed by atoms with van der Waals surface area (Å²) >= 11 is 7.47. The van der Waals surface area contributed by atoms with Crippen LogP contribution in [0.3, 0.4) is 0 Å². The number of aromatic nitrogens is 3. The van der Waals surface area contributed by atoms with E-state index in [0.717, 1.165) is 20.7 Å². The number of nitrogens with zero attached hydrogens (tertiary/aromatic N) is 4. The number of anilines is 1. The molecule has 1 aromatic carbocycles. The molecule has 0 spiro atoms. The van der Waals surface area contributed by atoms with Crippen molar-refractivity contribution in [3.63, 3.8) is 0 Å². The van der Waals surface area contributed by atoms with Crippen LogP contribution in [0.5, 0.6) is 0 Å². The first-order valence-corrected chi connectivity index (χ1v) is 9.47. The number of hydrogen-bond acceptors (Lipinski definition) is 4. The number of urea groups is 1. The Bertz CT molecular complexity index is 920. The van der Waals surface area contributed by atoms with Crippen LogP contribution in [-0.4, -0.2) is 32.2 Å². The van der Waals surface area contributed by atoms with E-state index in [-0.39, 0.29) is 6.03 Å². The van der Waals surface area contributed by atoms with Crippen LogP contribution in [0.1, 0.15) is 23.4 Å². The number of hydrogen-bond donors (Lipinski definition) is 1. The van der Waals surface area contributed by atoms with Crippen molar-refractivity contribution in [2.24, 2.45) is 0 Å². The largest absolute Gasteiger partial charge is 0.322 e. The standard InChI is InChI=1S/C18H20ClN5OS/c1-4-23(11-14-9-10-17(19)26-14)18(25)21-15-7-5-6-8-16(15)24-13(3)20-12(2)22-24/h5-10H,4,11H2,1-3H3,(H,21,25). The maximum absolute atomic E-state index is 12.8. The van der Waals surface area contributed by atoms with Gasteiger partial charge in [0.25, 0.3) is 0 Å². The van der Waals surface area contributed by atoms with E-state index in [1.807, 2.05) is 57.2 Å². The minimum absolute atomic E-state index is 0.168. The Labute approximate surface area is 161 Å². The van der Waals surface area contributed by atoms with Gasteiger partial charge >= 0.3 is 6.03 Å². The highest BCUT2D eigenvalue weighted by atomic mass is 35.5. The number of nitrogens with one attached hydrogen (secondary N) is 1. The van der Waals surface area contributed by atoms with E-state index < -0.39 is 0 Å². The van der Waals surface area contributed by atoms with Gasteiger partial charge in [0.15, 0.2) is 0 Å². The second-order valence-corrected chi connectivity index (χ2v) is 7.58. The zero-order chi connectivity index (χ0) is 18.7. The quantitative estimate of drug-likeness (QED) is 0.690. The van der Waals surface area contributed by atoms with Crippen molar-refractivity contribution in [1.29, 1.82) is 0 Å². The molecule has 6 nitrogen and oxygen atoms in total. The van der Waals surface area contributed by atoms with Crippen LogP contribution in [0.15, 0.2) is 36.4 Å². The number of benzene rings is 1. The van der Waals surface area contributed by atoms with Crippen LogP contribution in [0.25, 0.3) is 5.69 Å². The Morgan fingerprint density at radius 3 is 2.65 bits per heavy atom. The van der Waals surface area contributed by atoms with E-state index in [2.05, 4.69) is 15.4 Å². The molecule has 0 aliphatic heterocycles. The monoisotopic (exact) mass is 389 g/mol. The molecule has 136 valence electrons. The predicted octanol–water partition coefficient (Wildman–Crippen LogP) is 4.65. The van der Waals surface area contributed by atoms with Gasteiger partial charge in [-0.05, 0) is 45.0 Å². The number of halogens is 1. The lowest BCUT2D eigenvalue weighted by atomic mass is 10.2. The first-order valence-electron chi connectivity index (χ1n) is 8.27. The van der Waals surface area contributed by atoms with Crippen LogP contribution in [0.4, 0.5) is 10.5 Å². The summed E-state index contributed by atoms with van der Waals surface area (Å²) in [6.07, 6.45) is 0. The van der Waals surface area contributed by atoms with Crippen molar-refractivity contribution in [2.45, 2.75) is 27.3 Å². The summed E-state index contributed by atoms with van der Waals surface area (Å²) in [5.41, 5.74) is 1.47. The van der Waals surface area contributed by atoms with Gasteiger partial charge in [0, 0.05) is 11.4 Å². The lowest BCUT2D eigenvalue weighted by Gasteiger charge is -2.21. The lowest BCUT2D eigenvalue weighted by Crippen LogP contribution is -2.34. The Morgan fingerprint density at radius 1 is 1.27 bits per heavy atom. The van der Waals surface area contributed by atoms with Gasteiger partial charge < -0.3 is 10.2 Å². The molecule has 2 heterocycles. The second kappa shape index (κ2) is 7.88. The van der Waals surface area contributed by atoms with Gasteiger partial charge in [-0.25, -0.2) is 14.5 Å². The number of para-hydroxylation sites is 2. The van der Waals surface area contributed by atoms with Crippen molar-refractivity contribution in [3.05, 3.63) is 57.3 Å². The molecule has 1 N–H and O–H groups in total. The van der Waals surface area contributed by atoms with Crippen molar-refractivity contribution in [1.82, 2.24) is 19.7 Å². The second-order valence-electron chi connectivity index (χ2n) is 5.79. The highest BCUT2D eigenvalue weighted by molar-refractivity contribution is 7.16. The molecule has 0 aliphatic carbocycles. The van der Waals surface area contributed by atoms with Crippen LogP contribution >= 0.6 is 22.9 Å². The predicted molar refractivity (Wildman–Crippen MR) is 105 cm³/mol. The van der Waals surface area contributed by atoms with E-state index in [1.54, 1.807) is 9.58 Å². The SMILES string of the molecule is CCN(Cc1ccc(Cl)s1)C(=O)Nc1ccccc1-n1nc(C)nc1C. The molecular formula is C18H20ClN5OS. The molecule has 2 aromatic heterocycles. The summed E-state index contributed by atoms with van der Waals surface area (Å²) in [4.78, 5) is 19.9. The van der Waals surface area contributed by atoms with Gasteiger partial charge in [0.1, 0.15) is 11.6 Å². The van der Waals surface area contributed by atoms with Crippen LogP contribution in [0, 0.1) is 13.8 Å². The maximum atomic E-state index is 12.8. The average Bonchev–Trinajstić information content (AvgIpc) is 3.17. The number of carbonyl (C=O) groups is 1. The summed E-state index contributed by atoms with van der Waals surface area (Å²) in [6, 6.07) is 11.2. The fourth-order valence-electron chi connectivity index (χ4n) is 2.66. The number of aryl methyl sites for hydroxylation is 2. The number of thiophene rings is 1. The summed E-state index contributed by atoms with van der Waals surface area (Å²) in [7, 11) is 0. The highest BCUT2D eigenvalue weighted by Crippen LogP contribution is 2.24. The molecule has 0 saturated heterocycles. The summed E-state index contributed by atoms with van der Waals surface area (Å²) in [5.74, 6) is 1.46. The number of rotatable bonds is 5. The molecule has 2 amide bonds. The molecule has 0 unspecified atom stereocenters. The first kappa shape index (κ1) is 18.4. The van der Waals surface area contributed by atoms with E-state index in [0.29, 0.717) is 24.6 Å². The number of carbonyl (C=O) groups excluding carboxylic acids is 1. The molecule has 0 radical (unpaired) electrons. The smallest absolute Gasteiger partial charge is 0.320 e. The molecule has 0 atom stereocenters. The van der Waals surface area contributed by atoms with Crippen LogP contribution < -0.4 is 5.32 Å². The van der Waals surface area contributed by atoms with Gasteiger partial charge in [-0.3, -0.25) is 0 Å². The van der Waals surface area contributed by atoms with Gasteiger partial charge in [0.05, 0.1) is 22.3 Å². The third-order valence-corrected chi connectivity index (χ3v) is 5.11. The van der Waals surface area contributed by atoms with Crippen molar-refractivity contribution in [3.8, 4) is 5.69 Å². The molecule has 0 bridgehead atoms. The van der Waals surface area contributed by atoms with Crippen molar-refractivity contribution < 1.29 is 4.79 Å². The molecule has 3 aromatic rings. The Morgan fingerprint density at radius 2 is 2.04 bits per heavy atom.